The lowest BCUT2D eigenvalue weighted by molar-refractivity contribution is 0.102. The Hall–Kier alpha value is -1.85. The number of anilines is 1. The summed E-state index contributed by atoms with van der Waals surface area (Å²) in [6.45, 7) is 3.73. The van der Waals surface area contributed by atoms with Crippen LogP contribution in [-0.2, 0) is 0 Å². The van der Waals surface area contributed by atoms with Crippen molar-refractivity contribution in [2.24, 2.45) is 0 Å². The summed E-state index contributed by atoms with van der Waals surface area (Å²) in [4.78, 5) is 12.2. The maximum atomic E-state index is 13.9. The van der Waals surface area contributed by atoms with E-state index in [0.29, 0.717) is 11.4 Å². The van der Waals surface area contributed by atoms with Gasteiger partial charge in [-0.15, -0.1) is 0 Å². The molecule has 1 N–H and O–H groups in total. The van der Waals surface area contributed by atoms with Gasteiger partial charge < -0.3 is 10.1 Å². The quantitative estimate of drug-likeness (QED) is 0.593. The van der Waals surface area contributed by atoms with E-state index in [0.717, 1.165) is 6.07 Å². The van der Waals surface area contributed by atoms with Gasteiger partial charge in [-0.2, -0.15) is 0 Å². The number of carbonyl (C=O) groups is 1. The van der Waals surface area contributed by atoms with E-state index in [1.165, 1.54) is 0 Å². The van der Waals surface area contributed by atoms with Crippen LogP contribution in [0.3, 0.4) is 0 Å². The second-order valence-corrected chi connectivity index (χ2v) is 5.78. The normalized spacial score (nSPS) is 10.7. The van der Waals surface area contributed by atoms with Gasteiger partial charge in [0.1, 0.15) is 10.8 Å². The summed E-state index contributed by atoms with van der Waals surface area (Å²) < 4.78 is 32.8. The molecule has 0 atom stereocenters. The third kappa shape index (κ3) is 4.12. The summed E-state index contributed by atoms with van der Waals surface area (Å²) >= 11 is 11.1. The van der Waals surface area contributed by atoms with Gasteiger partial charge in [-0.25, -0.2) is 8.78 Å². The van der Waals surface area contributed by atoms with Gasteiger partial charge in [-0.1, -0.05) is 29.3 Å². The molecular formula is C16H13Cl2F2NO2. The average molecular weight is 360 g/mol. The fraction of sp³-hybridized carbons (Fsp3) is 0.188. The first-order chi connectivity index (χ1) is 10.8. The van der Waals surface area contributed by atoms with E-state index in [2.05, 4.69) is 5.32 Å². The van der Waals surface area contributed by atoms with Gasteiger partial charge in [0, 0.05) is 11.8 Å². The predicted molar refractivity (Wildman–Crippen MR) is 86.5 cm³/mol. The molecule has 3 nitrogen and oxygen atoms in total. The number of nitrogens with one attached hydrogen (secondary N) is 1. The fourth-order valence-corrected chi connectivity index (χ4v) is 2.31. The fourth-order valence-electron chi connectivity index (χ4n) is 1.86. The molecule has 0 aliphatic carbocycles. The Morgan fingerprint density at radius 3 is 2.52 bits per heavy atom. The highest BCUT2D eigenvalue weighted by molar-refractivity contribution is 6.35. The molecule has 0 heterocycles. The molecule has 7 heteroatoms. The monoisotopic (exact) mass is 359 g/mol. The van der Waals surface area contributed by atoms with E-state index in [9.17, 15) is 13.6 Å². The third-order valence-electron chi connectivity index (χ3n) is 2.81. The van der Waals surface area contributed by atoms with Crippen molar-refractivity contribution >= 4 is 34.8 Å². The van der Waals surface area contributed by atoms with Crippen molar-refractivity contribution in [1.29, 1.82) is 0 Å². The van der Waals surface area contributed by atoms with Crippen LogP contribution in [0, 0.1) is 11.6 Å². The molecule has 122 valence electrons. The highest BCUT2D eigenvalue weighted by atomic mass is 35.5. The van der Waals surface area contributed by atoms with Gasteiger partial charge in [-0.05, 0) is 32.0 Å². The van der Waals surface area contributed by atoms with Crippen molar-refractivity contribution in [2.45, 2.75) is 20.0 Å². The summed E-state index contributed by atoms with van der Waals surface area (Å²) in [5, 5.41) is 1.24. The zero-order chi connectivity index (χ0) is 17.1. The van der Waals surface area contributed by atoms with Crippen LogP contribution in [0.5, 0.6) is 5.75 Å². The first-order valence-corrected chi connectivity index (χ1v) is 7.46. The predicted octanol–water partition coefficient (Wildman–Crippen LogP) is 5.31. The number of rotatable bonds is 4. The molecule has 1 amide bonds. The largest absolute Gasteiger partial charge is 0.491 e. The minimum atomic E-state index is -1.17. The zero-order valence-corrected chi connectivity index (χ0v) is 13.8. The SMILES string of the molecule is CC(C)Oc1cccc(NC(=O)c2cc(Cl)c(F)c(Cl)c2F)c1. The van der Waals surface area contributed by atoms with E-state index in [-0.39, 0.29) is 6.10 Å². The van der Waals surface area contributed by atoms with E-state index in [1.807, 2.05) is 13.8 Å². The van der Waals surface area contributed by atoms with Crippen LogP contribution in [0.1, 0.15) is 24.2 Å². The van der Waals surface area contributed by atoms with E-state index in [1.54, 1.807) is 24.3 Å². The maximum absolute atomic E-state index is 13.9. The minimum absolute atomic E-state index is 0.0342. The number of carbonyl (C=O) groups excluding carboxylic acids is 1. The molecule has 2 rings (SSSR count). The van der Waals surface area contributed by atoms with Crippen molar-refractivity contribution in [2.75, 3.05) is 5.32 Å². The molecule has 0 fully saturated rings. The average Bonchev–Trinajstić information content (AvgIpc) is 2.48. The third-order valence-corrected chi connectivity index (χ3v) is 3.42. The van der Waals surface area contributed by atoms with Crippen molar-refractivity contribution in [1.82, 2.24) is 0 Å². The number of hydrogen-bond acceptors (Lipinski definition) is 2. The minimum Gasteiger partial charge on any atom is -0.491 e. The molecule has 0 aliphatic heterocycles. The van der Waals surface area contributed by atoms with Crippen molar-refractivity contribution < 1.29 is 18.3 Å². The molecule has 23 heavy (non-hydrogen) atoms. The van der Waals surface area contributed by atoms with Crippen LogP contribution < -0.4 is 10.1 Å². The molecule has 0 aromatic heterocycles. The molecule has 0 saturated heterocycles. The van der Waals surface area contributed by atoms with Crippen LogP contribution in [0.25, 0.3) is 0 Å². The van der Waals surface area contributed by atoms with Crippen LogP contribution in [0.2, 0.25) is 10.0 Å². The van der Waals surface area contributed by atoms with Gasteiger partial charge in [0.05, 0.1) is 16.7 Å². The van der Waals surface area contributed by atoms with Crippen LogP contribution >= 0.6 is 23.2 Å². The van der Waals surface area contributed by atoms with Gasteiger partial charge >= 0.3 is 0 Å². The number of ether oxygens (including phenoxy) is 1. The first-order valence-electron chi connectivity index (χ1n) is 6.70. The lowest BCUT2D eigenvalue weighted by atomic mass is 10.2. The van der Waals surface area contributed by atoms with Crippen LogP contribution in [-0.4, -0.2) is 12.0 Å². The van der Waals surface area contributed by atoms with Gasteiger partial charge in [0.2, 0.25) is 0 Å². The molecule has 2 aromatic carbocycles. The second kappa shape index (κ2) is 7.15. The number of halogens is 4. The van der Waals surface area contributed by atoms with Gasteiger partial charge in [0.25, 0.3) is 5.91 Å². The Kier molecular flexibility index (Phi) is 5.44. The Bertz CT molecular complexity index is 751. The molecule has 2 aromatic rings. The summed E-state index contributed by atoms with van der Waals surface area (Å²) in [6, 6.07) is 7.48. The first kappa shape index (κ1) is 17.5. The molecule has 0 spiro atoms. The van der Waals surface area contributed by atoms with E-state index < -0.39 is 33.2 Å². The Labute approximate surface area is 142 Å². The Morgan fingerprint density at radius 2 is 1.87 bits per heavy atom. The van der Waals surface area contributed by atoms with Crippen molar-refractivity contribution in [3.8, 4) is 5.75 Å². The summed E-state index contributed by atoms with van der Waals surface area (Å²) in [5.74, 6) is -2.52. The zero-order valence-electron chi connectivity index (χ0n) is 12.3. The van der Waals surface area contributed by atoms with Crippen LogP contribution in [0.4, 0.5) is 14.5 Å². The van der Waals surface area contributed by atoms with Gasteiger partial charge in [0.15, 0.2) is 11.6 Å². The lowest BCUT2D eigenvalue weighted by Gasteiger charge is -2.12. The van der Waals surface area contributed by atoms with E-state index >= 15 is 0 Å². The molecule has 0 unspecified atom stereocenters. The van der Waals surface area contributed by atoms with E-state index in [4.69, 9.17) is 27.9 Å². The molecule has 0 aliphatic rings. The number of amides is 1. The maximum Gasteiger partial charge on any atom is 0.258 e. The second-order valence-electron chi connectivity index (χ2n) is 5.00. The number of benzene rings is 2. The Morgan fingerprint density at radius 1 is 1.17 bits per heavy atom. The van der Waals surface area contributed by atoms with Gasteiger partial charge in [-0.3, -0.25) is 4.79 Å². The summed E-state index contributed by atoms with van der Waals surface area (Å²) in [6.07, 6.45) is -0.0342. The van der Waals surface area contributed by atoms with Crippen LogP contribution in [0.15, 0.2) is 30.3 Å². The molecule has 0 radical (unpaired) electrons. The van der Waals surface area contributed by atoms with Crippen molar-refractivity contribution in [3.63, 3.8) is 0 Å². The molecular weight excluding hydrogens is 347 g/mol. The molecule has 0 bridgehead atoms. The lowest BCUT2D eigenvalue weighted by Crippen LogP contribution is -2.15. The Balaban J connectivity index is 2.26. The smallest absolute Gasteiger partial charge is 0.258 e. The number of hydrogen-bond donors (Lipinski definition) is 1. The highest BCUT2D eigenvalue weighted by Gasteiger charge is 2.21. The highest BCUT2D eigenvalue weighted by Crippen LogP contribution is 2.29. The molecule has 0 saturated carbocycles. The summed E-state index contributed by atoms with van der Waals surface area (Å²) in [7, 11) is 0. The summed E-state index contributed by atoms with van der Waals surface area (Å²) in [5.41, 5.74) is -0.0549. The van der Waals surface area contributed by atoms with Crippen molar-refractivity contribution in [3.05, 3.63) is 57.6 Å². The standard InChI is InChI=1S/C16H13Cl2F2NO2/c1-8(2)23-10-5-3-4-9(6-10)21-16(22)11-7-12(17)15(20)13(18)14(11)19/h3-8H,1-2H3,(H,21,22). The topological polar surface area (TPSA) is 38.3 Å².